The van der Waals surface area contributed by atoms with Gasteiger partial charge in [-0.05, 0) is 62.5 Å². The van der Waals surface area contributed by atoms with E-state index in [1.807, 2.05) is 6.92 Å². The number of ketones is 2. The highest BCUT2D eigenvalue weighted by Gasteiger charge is 2.66. The van der Waals surface area contributed by atoms with E-state index in [0.29, 0.717) is 25.7 Å². The van der Waals surface area contributed by atoms with E-state index in [4.69, 9.17) is 4.18 Å². The number of aryl methyl sites for hydroxylation is 1. The molecule has 3 aliphatic rings. The number of benzene rings is 1. The van der Waals surface area contributed by atoms with Crippen LogP contribution < -0.4 is 0 Å². The van der Waals surface area contributed by atoms with Crippen LogP contribution in [-0.4, -0.2) is 26.6 Å². The van der Waals surface area contributed by atoms with Crippen molar-refractivity contribution in [3.63, 3.8) is 0 Å². The summed E-state index contributed by atoms with van der Waals surface area (Å²) in [7, 11) is -3.82. The van der Waals surface area contributed by atoms with Crippen molar-refractivity contribution in [3.8, 4) is 0 Å². The monoisotopic (exact) mass is 404 g/mol. The Kier molecular flexibility index (Phi) is 4.99. The Morgan fingerprint density at radius 1 is 1.11 bits per heavy atom. The minimum Gasteiger partial charge on any atom is -0.300 e. The average molecular weight is 405 g/mol. The molecule has 0 unspecified atom stereocenters. The molecule has 152 valence electrons. The molecule has 28 heavy (non-hydrogen) atoms. The molecule has 4 rings (SSSR count). The summed E-state index contributed by atoms with van der Waals surface area (Å²) < 4.78 is 30.5. The lowest BCUT2D eigenvalue weighted by Gasteiger charge is -2.47. The fraction of sp³-hybridized carbons (Fsp3) is 0.636. The van der Waals surface area contributed by atoms with E-state index >= 15 is 0 Å². The first-order valence-electron chi connectivity index (χ1n) is 10.3. The van der Waals surface area contributed by atoms with Gasteiger partial charge in [-0.3, -0.25) is 13.8 Å². The van der Waals surface area contributed by atoms with Gasteiger partial charge in [0.15, 0.2) is 0 Å². The third kappa shape index (κ3) is 3.05. The summed E-state index contributed by atoms with van der Waals surface area (Å²) >= 11 is 0. The molecule has 3 saturated carbocycles. The molecule has 0 aromatic heterocycles. The normalized spacial score (nSPS) is 32.8. The highest BCUT2D eigenvalue weighted by atomic mass is 32.2. The molecule has 0 saturated heterocycles. The zero-order chi connectivity index (χ0) is 20.0. The predicted molar refractivity (Wildman–Crippen MR) is 104 cm³/mol. The van der Waals surface area contributed by atoms with Gasteiger partial charge in [-0.1, -0.05) is 24.1 Å². The lowest BCUT2D eigenvalue weighted by atomic mass is 9.55. The molecule has 3 fully saturated rings. The minimum absolute atomic E-state index is 0.0654. The molecule has 0 aliphatic heterocycles. The van der Waals surface area contributed by atoms with Crippen LogP contribution in [0.15, 0.2) is 29.2 Å². The molecule has 1 aromatic rings. The van der Waals surface area contributed by atoms with Crippen LogP contribution in [0.3, 0.4) is 0 Å². The minimum atomic E-state index is -3.82. The van der Waals surface area contributed by atoms with E-state index in [-0.39, 0.29) is 34.4 Å². The second kappa shape index (κ2) is 7.06. The lowest BCUT2D eigenvalue weighted by molar-refractivity contribution is -0.142. The van der Waals surface area contributed by atoms with Crippen LogP contribution in [0.2, 0.25) is 0 Å². The van der Waals surface area contributed by atoms with Crippen LogP contribution in [-0.2, 0) is 23.9 Å². The van der Waals surface area contributed by atoms with Gasteiger partial charge in [-0.2, -0.15) is 8.42 Å². The van der Waals surface area contributed by atoms with Crippen LogP contribution >= 0.6 is 0 Å². The zero-order valence-corrected chi connectivity index (χ0v) is 17.2. The topological polar surface area (TPSA) is 77.5 Å². The summed E-state index contributed by atoms with van der Waals surface area (Å²) in [6, 6.07) is 6.61. The number of carbonyl (C=O) groups excluding carboxylic acids is 2. The van der Waals surface area contributed by atoms with Crippen LogP contribution in [0.1, 0.15) is 63.4 Å². The van der Waals surface area contributed by atoms with E-state index in [9.17, 15) is 18.0 Å². The molecule has 0 bridgehead atoms. The molecule has 1 aromatic carbocycles. The molecule has 6 heteroatoms. The van der Waals surface area contributed by atoms with Crippen LogP contribution in [0.4, 0.5) is 0 Å². The number of hydrogen-bond acceptors (Lipinski definition) is 5. The molecule has 3 aliphatic carbocycles. The van der Waals surface area contributed by atoms with Gasteiger partial charge in [0.1, 0.15) is 11.6 Å². The summed E-state index contributed by atoms with van der Waals surface area (Å²) in [4.78, 5) is 25.4. The molecular weight excluding hydrogens is 376 g/mol. The van der Waals surface area contributed by atoms with Gasteiger partial charge in [0.05, 0.1) is 11.5 Å². The summed E-state index contributed by atoms with van der Waals surface area (Å²) in [5.74, 6) is 0.669. The molecular formula is C22H28O5S. The first kappa shape index (κ1) is 19.8. The first-order valence-corrected chi connectivity index (χ1v) is 11.7. The van der Waals surface area contributed by atoms with Crippen molar-refractivity contribution in [1.29, 1.82) is 0 Å². The second-order valence-corrected chi connectivity index (χ2v) is 10.5. The van der Waals surface area contributed by atoms with E-state index in [1.54, 1.807) is 24.3 Å². The van der Waals surface area contributed by atoms with Crippen molar-refractivity contribution >= 4 is 21.7 Å². The molecule has 1 spiro atoms. The molecule has 5 nitrogen and oxygen atoms in total. The van der Waals surface area contributed by atoms with Crippen LogP contribution in [0, 0.1) is 23.7 Å². The highest BCUT2D eigenvalue weighted by Crippen LogP contribution is 2.68. The van der Waals surface area contributed by atoms with E-state index in [0.717, 1.165) is 37.7 Å². The van der Waals surface area contributed by atoms with Gasteiger partial charge in [0, 0.05) is 24.7 Å². The SMILES string of the molecule is Cc1ccc(S(=O)(=O)OCC[C@]23CCC[C@H]2CC(=O)[C@]32CCCC(=O)C2)cc1. The Bertz CT molecular complexity index is 888. The highest BCUT2D eigenvalue weighted by molar-refractivity contribution is 7.86. The van der Waals surface area contributed by atoms with Crippen molar-refractivity contribution < 1.29 is 22.2 Å². The van der Waals surface area contributed by atoms with Crippen molar-refractivity contribution in [2.45, 2.75) is 69.6 Å². The van der Waals surface area contributed by atoms with Crippen molar-refractivity contribution in [3.05, 3.63) is 29.8 Å². The Labute approximate surface area is 167 Å². The van der Waals surface area contributed by atoms with Gasteiger partial charge in [0.25, 0.3) is 10.1 Å². The standard InChI is InChI=1S/C22H28O5S/c1-16-6-8-19(9-7-16)28(25,26)27-13-12-21-10-2-4-17(21)14-20(24)22(21)11-3-5-18(23)15-22/h6-9,17H,2-5,10-15H2,1H3/t17-,21+,22+/m0/s1. The Balaban J connectivity index is 1.54. The Hall–Kier alpha value is -1.53. The Morgan fingerprint density at radius 3 is 2.57 bits per heavy atom. The maximum Gasteiger partial charge on any atom is 0.296 e. The van der Waals surface area contributed by atoms with Crippen LogP contribution in [0.5, 0.6) is 0 Å². The van der Waals surface area contributed by atoms with Crippen molar-refractivity contribution in [1.82, 2.24) is 0 Å². The van der Waals surface area contributed by atoms with E-state index < -0.39 is 15.5 Å². The van der Waals surface area contributed by atoms with Gasteiger partial charge in [0.2, 0.25) is 0 Å². The smallest absolute Gasteiger partial charge is 0.296 e. The zero-order valence-electron chi connectivity index (χ0n) is 16.4. The van der Waals surface area contributed by atoms with Gasteiger partial charge in [-0.15, -0.1) is 0 Å². The van der Waals surface area contributed by atoms with Gasteiger partial charge < -0.3 is 0 Å². The predicted octanol–water partition coefficient (Wildman–Crippen LogP) is 3.98. The average Bonchev–Trinajstić information content (AvgIpc) is 3.13. The third-order valence-corrected chi connectivity index (χ3v) is 8.86. The number of carbonyl (C=O) groups is 2. The van der Waals surface area contributed by atoms with Crippen molar-refractivity contribution in [2.24, 2.45) is 16.7 Å². The molecule has 0 radical (unpaired) electrons. The molecule has 0 N–H and O–H groups in total. The second-order valence-electron chi connectivity index (χ2n) is 8.86. The molecule has 0 heterocycles. The molecule has 0 amide bonds. The lowest BCUT2D eigenvalue weighted by Crippen LogP contribution is -2.47. The number of rotatable bonds is 5. The maximum atomic E-state index is 13.0. The fourth-order valence-electron chi connectivity index (χ4n) is 6.21. The first-order chi connectivity index (χ1) is 13.3. The summed E-state index contributed by atoms with van der Waals surface area (Å²) in [5, 5.41) is 0. The number of hydrogen-bond donors (Lipinski definition) is 0. The third-order valence-electron chi connectivity index (χ3n) is 7.53. The summed E-state index contributed by atoms with van der Waals surface area (Å²) in [5.41, 5.74) is 0.128. The van der Waals surface area contributed by atoms with Crippen LogP contribution in [0.25, 0.3) is 0 Å². The largest absolute Gasteiger partial charge is 0.300 e. The fourth-order valence-corrected chi connectivity index (χ4v) is 7.12. The number of fused-ring (bicyclic) bond motifs is 2. The van der Waals surface area contributed by atoms with Gasteiger partial charge >= 0.3 is 0 Å². The quantitative estimate of drug-likeness (QED) is 0.694. The number of Topliss-reactive ketones (excluding diaryl/α,β-unsaturated/α-hetero) is 2. The summed E-state index contributed by atoms with van der Waals surface area (Å²) in [6.07, 6.45) is 6.43. The van der Waals surface area contributed by atoms with E-state index in [2.05, 4.69) is 0 Å². The Morgan fingerprint density at radius 2 is 1.86 bits per heavy atom. The maximum absolute atomic E-state index is 13.0. The van der Waals surface area contributed by atoms with Crippen molar-refractivity contribution in [2.75, 3.05) is 6.61 Å². The summed E-state index contributed by atoms with van der Waals surface area (Å²) in [6.45, 7) is 1.97. The molecule has 3 atom stereocenters. The van der Waals surface area contributed by atoms with E-state index in [1.165, 1.54) is 0 Å². The van der Waals surface area contributed by atoms with Gasteiger partial charge in [-0.25, -0.2) is 0 Å².